The molecule has 0 unspecified atom stereocenters. The Morgan fingerprint density at radius 3 is 2.70 bits per heavy atom. The molecule has 2 rings (SSSR count). The van der Waals surface area contributed by atoms with Crippen LogP contribution < -0.4 is 10.6 Å². The lowest BCUT2D eigenvalue weighted by Gasteiger charge is -2.22. The van der Waals surface area contributed by atoms with E-state index in [1.807, 2.05) is 0 Å². The van der Waals surface area contributed by atoms with Gasteiger partial charge >= 0.3 is 6.09 Å². The maximum Gasteiger partial charge on any atom is 0.411 e. The van der Waals surface area contributed by atoms with Crippen LogP contribution in [-0.2, 0) is 14.6 Å². The summed E-state index contributed by atoms with van der Waals surface area (Å²) in [4.78, 5) is 11.5. The lowest BCUT2D eigenvalue weighted by Crippen LogP contribution is -2.28. The van der Waals surface area contributed by atoms with E-state index in [0.29, 0.717) is 5.92 Å². The number of rotatable bonds is 5. The van der Waals surface area contributed by atoms with Gasteiger partial charge in [0.25, 0.3) is 0 Å². The molecule has 0 radical (unpaired) electrons. The van der Waals surface area contributed by atoms with Crippen molar-refractivity contribution in [2.45, 2.75) is 24.2 Å². The van der Waals surface area contributed by atoms with E-state index in [-0.39, 0.29) is 17.2 Å². The zero-order valence-electron chi connectivity index (χ0n) is 13.0. The van der Waals surface area contributed by atoms with Gasteiger partial charge in [-0.05, 0) is 56.5 Å². The predicted octanol–water partition coefficient (Wildman–Crippen LogP) is 2.17. The largest absolute Gasteiger partial charge is 0.449 e. The van der Waals surface area contributed by atoms with Crippen molar-refractivity contribution in [3.05, 3.63) is 24.0 Å². The second-order valence-corrected chi connectivity index (χ2v) is 7.67. The highest BCUT2D eigenvalue weighted by molar-refractivity contribution is 7.90. The quantitative estimate of drug-likeness (QED) is 0.855. The molecule has 0 aliphatic carbocycles. The molecule has 1 aliphatic rings. The van der Waals surface area contributed by atoms with Gasteiger partial charge in [0.05, 0.1) is 17.2 Å². The molecule has 1 saturated heterocycles. The average molecular weight is 344 g/mol. The van der Waals surface area contributed by atoms with Crippen molar-refractivity contribution in [1.82, 2.24) is 5.32 Å². The van der Waals surface area contributed by atoms with E-state index in [2.05, 4.69) is 10.6 Å². The lowest BCUT2D eigenvalue weighted by molar-refractivity contribution is 0.149. The van der Waals surface area contributed by atoms with Gasteiger partial charge in [0.15, 0.2) is 9.84 Å². The molecule has 0 spiro atoms. The Balaban J connectivity index is 1.83. The number of nitrogens with one attached hydrogen (secondary N) is 2. The molecule has 1 aromatic carbocycles. The second kappa shape index (κ2) is 7.74. The van der Waals surface area contributed by atoms with Gasteiger partial charge in [0.1, 0.15) is 5.82 Å². The molecule has 0 aromatic heterocycles. The number of hydrogen-bond acceptors (Lipinski definition) is 5. The number of sulfone groups is 1. The summed E-state index contributed by atoms with van der Waals surface area (Å²) in [6, 6.07) is 3.32. The Hall–Kier alpha value is -1.67. The topological polar surface area (TPSA) is 84.5 Å². The highest BCUT2D eigenvalue weighted by Crippen LogP contribution is 2.19. The summed E-state index contributed by atoms with van der Waals surface area (Å²) < 4.78 is 41.5. The fraction of sp³-hybridized carbons (Fsp3) is 0.533. The van der Waals surface area contributed by atoms with Crippen LogP contribution in [0, 0.1) is 11.7 Å². The van der Waals surface area contributed by atoms with Crippen LogP contribution in [0.4, 0.5) is 14.9 Å². The van der Waals surface area contributed by atoms with E-state index in [4.69, 9.17) is 4.74 Å². The maximum atomic E-state index is 13.8. The van der Waals surface area contributed by atoms with Crippen LogP contribution in [-0.4, -0.2) is 40.5 Å². The normalized spacial score (nSPS) is 16.1. The third-order valence-corrected chi connectivity index (χ3v) is 4.93. The molecule has 1 aliphatic heterocycles. The van der Waals surface area contributed by atoms with Crippen LogP contribution in [0.3, 0.4) is 0 Å². The first-order chi connectivity index (χ1) is 10.9. The Morgan fingerprint density at radius 2 is 2.09 bits per heavy atom. The zero-order chi connectivity index (χ0) is 16.9. The molecule has 6 nitrogen and oxygen atoms in total. The van der Waals surface area contributed by atoms with Crippen LogP contribution in [0.1, 0.15) is 19.3 Å². The van der Waals surface area contributed by atoms with Gasteiger partial charge in [-0.2, -0.15) is 0 Å². The minimum atomic E-state index is -3.49. The average Bonchev–Trinajstić information content (AvgIpc) is 2.49. The summed E-state index contributed by atoms with van der Waals surface area (Å²) >= 11 is 0. The highest BCUT2D eigenvalue weighted by Gasteiger charge is 2.15. The number of piperidine rings is 1. The molecule has 1 fully saturated rings. The summed E-state index contributed by atoms with van der Waals surface area (Å²) in [5, 5.41) is 5.55. The minimum absolute atomic E-state index is 0.107. The smallest absolute Gasteiger partial charge is 0.411 e. The van der Waals surface area contributed by atoms with Crippen molar-refractivity contribution < 1.29 is 22.3 Å². The van der Waals surface area contributed by atoms with Crippen molar-refractivity contribution in [2.75, 3.05) is 31.3 Å². The van der Waals surface area contributed by atoms with Crippen molar-refractivity contribution in [1.29, 1.82) is 0 Å². The fourth-order valence-electron chi connectivity index (χ4n) is 2.46. The van der Waals surface area contributed by atoms with Crippen LogP contribution >= 0.6 is 0 Å². The number of carbonyl (C=O) groups excluding carboxylic acids is 1. The molecule has 0 atom stereocenters. The molecular formula is C15H21FN2O4S. The van der Waals surface area contributed by atoms with E-state index in [1.165, 1.54) is 12.1 Å². The monoisotopic (exact) mass is 344 g/mol. The molecule has 0 bridgehead atoms. The van der Waals surface area contributed by atoms with Crippen molar-refractivity contribution >= 4 is 21.6 Å². The molecule has 2 N–H and O–H groups in total. The van der Waals surface area contributed by atoms with Gasteiger partial charge in [0, 0.05) is 6.26 Å². The summed E-state index contributed by atoms with van der Waals surface area (Å²) in [7, 11) is -3.49. The lowest BCUT2D eigenvalue weighted by atomic mass is 9.95. The van der Waals surface area contributed by atoms with E-state index in [9.17, 15) is 17.6 Å². The fourth-order valence-corrected chi connectivity index (χ4v) is 3.10. The van der Waals surface area contributed by atoms with Crippen molar-refractivity contribution in [3.63, 3.8) is 0 Å². The van der Waals surface area contributed by atoms with Crippen LogP contribution in [0.5, 0.6) is 0 Å². The van der Waals surface area contributed by atoms with Crippen molar-refractivity contribution in [3.8, 4) is 0 Å². The van der Waals surface area contributed by atoms with E-state index < -0.39 is 21.7 Å². The molecule has 0 saturated carbocycles. The standard InChI is InChI=1S/C15H21FN2O4S/c1-23(20,21)12-2-3-14(13(16)10-12)18-15(19)22-9-6-11-4-7-17-8-5-11/h2-3,10-11,17H,4-9H2,1H3,(H,18,19). The second-order valence-electron chi connectivity index (χ2n) is 5.66. The Morgan fingerprint density at radius 1 is 1.39 bits per heavy atom. The first-order valence-electron chi connectivity index (χ1n) is 7.50. The number of hydrogen-bond donors (Lipinski definition) is 2. The van der Waals surface area contributed by atoms with Gasteiger partial charge in [-0.3, -0.25) is 5.32 Å². The van der Waals surface area contributed by atoms with E-state index >= 15 is 0 Å². The zero-order valence-corrected chi connectivity index (χ0v) is 13.8. The van der Waals surface area contributed by atoms with Gasteiger partial charge in [-0.15, -0.1) is 0 Å². The SMILES string of the molecule is CS(=O)(=O)c1ccc(NC(=O)OCCC2CCNCC2)c(F)c1. The van der Waals surface area contributed by atoms with E-state index in [0.717, 1.165) is 44.7 Å². The number of benzene rings is 1. The van der Waals surface area contributed by atoms with Crippen LogP contribution in [0.15, 0.2) is 23.1 Å². The van der Waals surface area contributed by atoms with Gasteiger partial charge < -0.3 is 10.1 Å². The Bertz CT molecular complexity index is 657. The summed E-state index contributed by atoms with van der Waals surface area (Å²) in [5.41, 5.74) is -0.107. The molecule has 1 amide bonds. The predicted molar refractivity (Wildman–Crippen MR) is 84.7 cm³/mol. The maximum absolute atomic E-state index is 13.8. The first kappa shape index (κ1) is 17.7. The summed E-state index contributed by atoms with van der Waals surface area (Å²) in [6.45, 7) is 2.24. The first-order valence-corrected chi connectivity index (χ1v) is 9.39. The van der Waals surface area contributed by atoms with Gasteiger partial charge in [-0.1, -0.05) is 0 Å². The number of halogens is 1. The minimum Gasteiger partial charge on any atom is -0.449 e. The highest BCUT2D eigenvalue weighted by atomic mass is 32.2. The molecule has 128 valence electrons. The van der Waals surface area contributed by atoms with E-state index in [1.54, 1.807) is 0 Å². The van der Waals surface area contributed by atoms with Gasteiger partial charge in [-0.25, -0.2) is 17.6 Å². The van der Waals surface area contributed by atoms with Crippen LogP contribution in [0.25, 0.3) is 0 Å². The third-order valence-electron chi connectivity index (χ3n) is 3.82. The molecule has 1 aromatic rings. The number of carbonyl (C=O) groups is 1. The molecule has 1 heterocycles. The molecular weight excluding hydrogens is 323 g/mol. The third kappa shape index (κ3) is 5.47. The van der Waals surface area contributed by atoms with Crippen LogP contribution in [0.2, 0.25) is 0 Å². The molecule has 8 heteroatoms. The number of anilines is 1. The Labute approximate surface area is 135 Å². The summed E-state index contributed by atoms with van der Waals surface area (Å²) in [5.74, 6) is -0.280. The molecule has 23 heavy (non-hydrogen) atoms. The Kier molecular flexibility index (Phi) is 5.95. The number of amides is 1. The summed E-state index contributed by atoms with van der Waals surface area (Å²) in [6.07, 6.45) is 3.15. The van der Waals surface area contributed by atoms with Crippen molar-refractivity contribution in [2.24, 2.45) is 5.92 Å². The number of ether oxygens (including phenoxy) is 1. The van der Waals surface area contributed by atoms with Gasteiger partial charge in [0.2, 0.25) is 0 Å².